The molecule has 5 aliphatic rings. The van der Waals surface area contributed by atoms with Crippen LogP contribution in [0, 0.1) is 5.92 Å². The van der Waals surface area contributed by atoms with E-state index in [0.717, 1.165) is 42.4 Å². The van der Waals surface area contributed by atoms with Gasteiger partial charge >= 0.3 is 0 Å². The Morgan fingerprint density at radius 3 is 2.60 bits per heavy atom. The second kappa shape index (κ2) is 13.7. The summed E-state index contributed by atoms with van der Waals surface area (Å²) in [4.78, 5) is 36.5. The average molecular weight is 728 g/mol. The van der Waals surface area contributed by atoms with Crippen LogP contribution in [0.2, 0.25) is 5.02 Å². The number of sulfonamides is 1. The average Bonchev–Trinajstić information content (AvgIpc) is 3.50. The van der Waals surface area contributed by atoms with Crippen LogP contribution in [0.15, 0.2) is 42.2 Å². The number of nitrogens with zero attached hydrogens (tertiary/aromatic N) is 4. The van der Waals surface area contributed by atoms with Gasteiger partial charge in [-0.1, -0.05) is 24.6 Å². The smallest absolute Gasteiger partial charge is 0.264 e. The summed E-state index contributed by atoms with van der Waals surface area (Å²) in [7, 11) is -2.10. The van der Waals surface area contributed by atoms with Gasteiger partial charge in [0.2, 0.25) is 15.9 Å². The Bertz CT molecular complexity index is 1820. The number of benzene rings is 2. The molecule has 2 aromatic carbocycles. The number of rotatable bonds is 1. The molecule has 5 aliphatic heterocycles. The van der Waals surface area contributed by atoms with Crippen LogP contribution in [0.4, 0.5) is 10.1 Å². The van der Waals surface area contributed by atoms with E-state index in [-0.39, 0.29) is 24.5 Å². The van der Waals surface area contributed by atoms with Crippen molar-refractivity contribution in [2.45, 2.75) is 75.8 Å². The van der Waals surface area contributed by atoms with Crippen LogP contribution in [0.25, 0.3) is 0 Å². The van der Waals surface area contributed by atoms with Gasteiger partial charge in [0.25, 0.3) is 5.91 Å². The Morgan fingerprint density at radius 2 is 1.82 bits per heavy atom. The molecule has 270 valence electrons. The monoisotopic (exact) mass is 727 g/mol. The zero-order valence-electron chi connectivity index (χ0n) is 29.1. The highest BCUT2D eigenvalue weighted by atomic mass is 35.5. The molecule has 50 heavy (non-hydrogen) atoms. The Balaban J connectivity index is 1.48. The Morgan fingerprint density at radius 1 is 1.04 bits per heavy atom. The van der Waals surface area contributed by atoms with Gasteiger partial charge in [-0.15, -0.1) is 0 Å². The third-order valence-corrected chi connectivity index (χ3v) is 13.8. The lowest BCUT2D eigenvalue weighted by Gasteiger charge is -2.48. The van der Waals surface area contributed by atoms with E-state index >= 15 is 4.39 Å². The molecular weight excluding hydrogens is 681 g/mol. The molecule has 2 fully saturated rings. The van der Waals surface area contributed by atoms with Crippen molar-refractivity contribution >= 4 is 39.1 Å². The summed E-state index contributed by atoms with van der Waals surface area (Å²) in [5, 5.41) is -0.413. The summed E-state index contributed by atoms with van der Waals surface area (Å²) in [6.07, 6.45) is 5.38. The number of allylic oxidation sites excluding steroid dienone is 1. The van der Waals surface area contributed by atoms with Crippen molar-refractivity contribution < 1.29 is 27.1 Å². The first-order chi connectivity index (χ1) is 23.9. The molecule has 1 spiro atoms. The van der Waals surface area contributed by atoms with Crippen LogP contribution >= 0.6 is 11.6 Å². The molecule has 5 heterocycles. The first-order valence-corrected chi connectivity index (χ1v) is 19.8. The predicted molar refractivity (Wildman–Crippen MR) is 192 cm³/mol. The van der Waals surface area contributed by atoms with Gasteiger partial charge in [0.05, 0.1) is 16.5 Å². The Labute approximate surface area is 299 Å². The second-order valence-electron chi connectivity index (χ2n) is 14.8. The van der Waals surface area contributed by atoms with Gasteiger partial charge in [-0.3, -0.25) is 14.5 Å². The van der Waals surface area contributed by atoms with Gasteiger partial charge in [0.1, 0.15) is 24.2 Å². The number of halogens is 2. The predicted octanol–water partition coefficient (Wildman–Crippen LogP) is 4.85. The topological polar surface area (TPSA) is 102 Å². The molecule has 13 heteroatoms. The molecule has 10 nitrogen and oxygen atoms in total. The maximum atomic E-state index is 17.2. The summed E-state index contributed by atoms with van der Waals surface area (Å²) in [5.74, 6) is -1.57. The maximum absolute atomic E-state index is 17.2. The molecule has 2 saturated heterocycles. The third-order valence-electron chi connectivity index (χ3n) is 11.7. The minimum absolute atomic E-state index is 0.0703. The Hall–Kier alpha value is -3.19. The zero-order chi connectivity index (χ0) is 35.4. The van der Waals surface area contributed by atoms with E-state index in [0.29, 0.717) is 68.7 Å². The quantitative estimate of drug-likeness (QED) is 0.445. The molecule has 0 saturated carbocycles. The number of hydrogen-bond donors (Lipinski definition) is 1. The molecule has 0 aliphatic carbocycles. The molecule has 2 aromatic rings. The van der Waals surface area contributed by atoms with Crippen molar-refractivity contribution in [1.82, 2.24) is 19.4 Å². The summed E-state index contributed by atoms with van der Waals surface area (Å²) in [5.41, 5.74) is 3.08. The molecule has 0 aromatic heterocycles. The number of piperazine rings is 1. The van der Waals surface area contributed by atoms with E-state index in [1.165, 1.54) is 13.0 Å². The van der Waals surface area contributed by atoms with E-state index in [1.54, 1.807) is 30.0 Å². The number of hydrogen-bond acceptors (Lipinski definition) is 8. The van der Waals surface area contributed by atoms with Crippen LogP contribution in [0.5, 0.6) is 5.75 Å². The maximum Gasteiger partial charge on any atom is 0.264 e. The number of fused-ring (bicyclic) bond motifs is 1. The number of anilines is 1. The minimum Gasteiger partial charge on any atom is -0.487 e. The van der Waals surface area contributed by atoms with Gasteiger partial charge in [-0.25, -0.2) is 17.5 Å². The van der Waals surface area contributed by atoms with Crippen molar-refractivity contribution in [2.24, 2.45) is 5.92 Å². The lowest BCUT2D eigenvalue weighted by molar-refractivity contribution is -0.139. The first kappa shape index (κ1) is 35.2. The molecule has 7 bridgehead atoms. The lowest BCUT2D eigenvalue weighted by Crippen LogP contribution is -2.60. The van der Waals surface area contributed by atoms with Crippen molar-refractivity contribution in [3.05, 3.63) is 69.5 Å². The van der Waals surface area contributed by atoms with Crippen molar-refractivity contribution in [3.8, 4) is 5.75 Å². The van der Waals surface area contributed by atoms with Crippen LogP contribution < -0.4 is 14.4 Å². The molecule has 0 radical (unpaired) electrons. The summed E-state index contributed by atoms with van der Waals surface area (Å²) < 4.78 is 53.0. The molecule has 7 rings (SSSR count). The largest absolute Gasteiger partial charge is 0.487 e. The van der Waals surface area contributed by atoms with Gasteiger partial charge in [0, 0.05) is 56.4 Å². The fourth-order valence-electron chi connectivity index (χ4n) is 8.51. The van der Waals surface area contributed by atoms with Crippen LogP contribution in [-0.4, -0.2) is 99.1 Å². The number of carbonyl (C=O) groups is 2. The van der Waals surface area contributed by atoms with Gasteiger partial charge in [-0.05, 0) is 105 Å². The van der Waals surface area contributed by atoms with Crippen LogP contribution in [0.1, 0.15) is 73.0 Å². The van der Waals surface area contributed by atoms with Crippen LogP contribution in [0.3, 0.4) is 0 Å². The fraction of sp³-hybridized carbons (Fsp3) is 0.568. The number of aryl methyl sites for hydroxylation is 1. The van der Waals surface area contributed by atoms with E-state index in [9.17, 15) is 18.0 Å². The number of carbonyl (C=O) groups excluding carboxylic acids is 2. The number of nitrogens with one attached hydrogen (secondary N) is 1. The summed E-state index contributed by atoms with van der Waals surface area (Å²) in [6.45, 7) is 7.34. The van der Waals surface area contributed by atoms with Crippen molar-refractivity contribution in [2.75, 3.05) is 57.8 Å². The van der Waals surface area contributed by atoms with Gasteiger partial charge in [-0.2, -0.15) is 0 Å². The molecule has 2 amide bonds. The minimum atomic E-state index is -4.12. The summed E-state index contributed by atoms with van der Waals surface area (Å²) >= 11 is 6.91. The highest BCUT2D eigenvalue weighted by Crippen LogP contribution is 2.49. The first-order valence-electron chi connectivity index (χ1n) is 17.9. The van der Waals surface area contributed by atoms with E-state index in [4.69, 9.17) is 16.3 Å². The Kier molecular flexibility index (Phi) is 9.68. The fourth-order valence-corrected chi connectivity index (χ4v) is 10.0. The lowest BCUT2D eigenvalue weighted by atomic mass is 9.79. The molecule has 0 unspecified atom stereocenters. The number of amides is 2. The van der Waals surface area contributed by atoms with E-state index < -0.39 is 44.5 Å². The highest BCUT2D eigenvalue weighted by molar-refractivity contribution is 7.90. The molecule has 4 atom stereocenters. The van der Waals surface area contributed by atoms with Crippen LogP contribution in [-0.2, 0) is 33.4 Å². The van der Waals surface area contributed by atoms with Crippen molar-refractivity contribution in [1.29, 1.82) is 0 Å². The zero-order valence-corrected chi connectivity index (χ0v) is 30.7. The van der Waals surface area contributed by atoms with Gasteiger partial charge < -0.3 is 19.4 Å². The number of likely N-dealkylation sites (N-methyl/N-ethyl adjacent to an activating group) is 1. The molecular formula is C37H47ClFN5O5S. The second-order valence-corrected chi connectivity index (χ2v) is 17.3. The molecule has 1 N–H and O–H groups in total. The van der Waals surface area contributed by atoms with Gasteiger partial charge in [0.15, 0.2) is 0 Å². The summed E-state index contributed by atoms with van der Waals surface area (Å²) in [6, 6.07) is 7.83. The number of ether oxygens (including phenoxy) is 1. The standard InChI is InChI=1S/C37H47ClFN5O5S/c1-24-8-10-31(39)34(36(46)42-17-15-41(3)16-18-42)44-14-6-12-37(44)23-43-13-5-4-7-26-19-28(38)21-30(37)29(26)22-49-33-11-9-27(20-32(33)43)35(45)40-50(47,48)25(24)2/h9-11,19-21,24-25,34H,4-8,12-18,22-23H2,1-3H3,(H,40,45)/b31-10-/t24-,25+,34+,37-/m0/s1. The van der Waals surface area contributed by atoms with E-state index in [2.05, 4.69) is 19.4 Å². The SMILES string of the molecule is C[C@@H]1[C@@H](C)C/C=C(\F)[C@H](C(=O)N2CCN(C)CC2)N2CCC[C@@]23CN2CCCCc4cc(Cl)cc3c4COc3ccc(cc32)C(=O)NS1(=O)=O. The van der Waals surface area contributed by atoms with Crippen molar-refractivity contribution in [3.63, 3.8) is 0 Å². The highest BCUT2D eigenvalue weighted by Gasteiger charge is 2.52. The van der Waals surface area contributed by atoms with E-state index in [1.807, 2.05) is 19.2 Å². The normalized spacial score (nSPS) is 30.1. The third kappa shape index (κ3) is 6.41.